The van der Waals surface area contributed by atoms with E-state index in [4.69, 9.17) is 0 Å². The number of carbonyl (C=O) groups is 1. The molecule has 30 heavy (non-hydrogen) atoms. The van der Waals surface area contributed by atoms with Crippen molar-refractivity contribution in [1.29, 1.82) is 0 Å². The Morgan fingerprint density at radius 3 is 2.53 bits per heavy atom. The summed E-state index contributed by atoms with van der Waals surface area (Å²) in [6.45, 7) is 1.46. The second kappa shape index (κ2) is 8.60. The van der Waals surface area contributed by atoms with Gasteiger partial charge in [-0.25, -0.2) is 0 Å². The van der Waals surface area contributed by atoms with Gasteiger partial charge in [-0.3, -0.25) is 14.7 Å². The van der Waals surface area contributed by atoms with Gasteiger partial charge in [-0.2, -0.15) is 13.2 Å². The van der Waals surface area contributed by atoms with Gasteiger partial charge in [0.2, 0.25) is 5.91 Å². The predicted octanol–water partition coefficient (Wildman–Crippen LogP) is 4.08. The zero-order valence-electron chi connectivity index (χ0n) is 16.4. The maximum absolute atomic E-state index is 13.7. The zero-order valence-corrected chi connectivity index (χ0v) is 16.4. The van der Waals surface area contributed by atoms with Gasteiger partial charge in [-0.15, -0.1) is 0 Å². The number of hydrogen-bond donors (Lipinski definition) is 1. The molecule has 2 aromatic rings. The van der Waals surface area contributed by atoms with Gasteiger partial charge in [0.15, 0.2) is 0 Å². The summed E-state index contributed by atoms with van der Waals surface area (Å²) in [7, 11) is 0. The van der Waals surface area contributed by atoms with E-state index in [0.29, 0.717) is 43.0 Å². The number of halogens is 3. The normalized spacial score (nSPS) is 24.6. The molecule has 3 atom stereocenters. The Balaban J connectivity index is 1.23. The van der Waals surface area contributed by atoms with Crippen LogP contribution in [0.15, 0.2) is 60.9 Å². The largest absolute Gasteiger partial charge is 0.408 e. The lowest BCUT2D eigenvalue weighted by atomic mass is 10.0. The molecule has 2 fully saturated rings. The van der Waals surface area contributed by atoms with Crippen LogP contribution in [-0.2, 0) is 4.79 Å². The van der Waals surface area contributed by atoms with Crippen molar-refractivity contribution < 1.29 is 18.0 Å². The first-order valence-electron chi connectivity index (χ1n) is 10.1. The maximum Gasteiger partial charge on any atom is 0.408 e. The molecule has 1 aliphatic heterocycles. The van der Waals surface area contributed by atoms with Crippen molar-refractivity contribution in [2.75, 3.05) is 19.6 Å². The standard InChI is InChI=1S/C23H24F3N3O/c24-23(25,26)22(17-6-2-1-3-7-17)29-14-19-18(20(19)15-29)10-12-28-21(30)9-8-16-5-4-11-27-13-16/h1-9,11,13,18-20,22H,10,12,14-15H2,(H,28,30)/b9-8+. The number of pyridine rings is 1. The highest BCUT2D eigenvalue weighted by molar-refractivity contribution is 5.91. The number of benzene rings is 1. The van der Waals surface area contributed by atoms with Crippen LogP contribution in [-0.4, -0.2) is 41.6 Å². The molecule has 0 bridgehead atoms. The predicted molar refractivity (Wildman–Crippen MR) is 108 cm³/mol. The molecule has 158 valence electrons. The fourth-order valence-corrected chi connectivity index (χ4v) is 4.63. The van der Waals surface area contributed by atoms with Crippen LogP contribution >= 0.6 is 0 Å². The average Bonchev–Trinajstić information content (AvgIpc) is 3.17. The van der Waals surface area contributed by atoms with Crippen molar-refractivity contribution in [3.8, 4) is 0 Å². The Bertz CT molecular complexity index is 874. The maximum atomic E-state index is 13.7. The van der Waals surface area contributed by atoms with E-state index in [-0.39, 0.29) is 5.91 Å². The van der Waals surface area contributed by atoms with Crippen LogP contribution in [0.3, 0.4) is 0 Å². The number of nitrogens with zero attached hydrogens (tertiary/aromatic N) is 2. The minimum Gasteiger partial charge on any atom is -0.353 e. The summed E-state index contributed by atoms with van der Waals surface area (Å²) in [5.41, 5.74) is 1.15. The monoisotopic (exact) mass is 415 g/mol. The Hall–Kier alpha value is -2.67. The Morgan fingerprint density at radius 2 is 1.90 bits per heavy atom. The summed E-state index contributed by atoms with van der Waals surface area (Å²) in [5.74, 6) is 0.809. The van der Waals surface area contributed by atoms with E-state index in [1.165, 1.54) is 6.08 Å². The molecule has 0 spiro atoms. The molecule has 1 amide bonds. The molecule has 1 aromatic heterocycles. The first-order chi connectivity index (χ1) is 14.4. The molecule has 3 unspecified atom stereocenters. The van der Waals surface area contributed by atoms with E-state index < -0.39 is 12.2 Å². The summed E-state index contributed by atoms with van der Waals surface area (Å²) in [4.78, 5) is 17.5. The first kappa shape index (κ1) is 20.6. The second-order valence-electron chi connectivity index (χ2n) is 8.00. The Kier molecular flexibility index (Phi) is 5.90. The lowest BCUT2D eigenvalue weighted by Gasteiger charge is -2.31. The number of amides is 1. The summed E-state index contributed by atoms with van der Waals surface area (Å²) in [6, 6.07) is 10.3. The minimum atomic E-state index is -4.29. The highest BCUT2D eigenvalue weighted by Crippen LogP contribution is 2.56. The molecule has 0 radical (unpaired) electrons. The van der Waals surface area contributed by atoms with Crippen LogP contribution in [0, 0.1) is 17.8 Å². The molecule has 1 N–H and O–H groups in total. The van der Waals surface area contributed by atoms with Gasteiger partial charge in [-0.1, -0.05) is 36.4 Å². The number of likely N-dealkylation sites (tertiary alicyclic amines) is 1. The van der Waals surface area contributed by atoms with Gasteiger partial charge >= 0.3 is 6.18 Å². The Morgan fingerprint density at radius 1 is 1.17 bits per heavy atom. The first-order valence-corrected chi connectivity index (χ1v) is 10.1. The molecule has 4 rings (SSSR count). The second-order valence-corrected chi connectivity index (χ2v) is 8.00. The lowest BCUT2D eigenvalue weighted by molar-refractivity contribution is -0.185. The van der Waals surface area contributed by atoms with Crippen LogP contribution in [0.2, 0.25) is 0 Å². The van der Waals surface area contributed by atoms with Gasteiger partial charge in [0, 0.05) is 38.1 Å². The van der Waals surface area contributed by atoms with E-state index in [1.54, 1.807) is 59.8 Å². The van der Waals surface area contributed by atoms with Crippen LogP contribution in [0.4, 0.5) is 13.2 Å². The topological polar surface area (TPSA) is 45.2 Å². The van der Waals surface area contributed by atoms with E-state index in [1.807, 2.05) is 6.07 Å². The Labute approximate surface area is 173 Å². The van der Waals surface area contributed by atoms with Gasteiger partial charge in [-0.05, 0) is 47.4 Å². The molecule has 2 aliphatic rings. The van der Waals surface area contributed by atoms with E-state index in [2.05, 4.69) is 10.3 Å². The van der Waals surface area contributed by atoms with E-state index in [0.717, 1.165) is 12.0 Å². The van der Waals surface area contributed by atoms with Gasteiger partial charge in [0.05, 0.1) is 0 Å². The van der Waals surface area contributed by atoms with Crippen LogP contribution in [0.5, 0.6) is 0 Å². The summed E-state index contributed by atoms with van der Waals surface area (Å²) in [6.07, 6.45) is 3.03. The van der Waals surface area contributed by atoms with Crippen molar-refractivity contribution in [2.24, 2.45) is 17.8 Å². The van der Waals surface area contributed by atoms with Crippen molar-refractivity contribution in [2.45, 2.75) is 18.6 Å². The summed E-state index contributed by atoms with van der Waals surface area (Å²) in [5, 5.41) is 2.86. The lowest BCUT2D eigenvalue weighted by Crippen LogP contribution is -2.39. The third kappa shape index (κ3) is 4.73. The third-order valence-electron chi connectivity index (χ3n) is 6.08. The summed E-state index contributed by atoms with van der Waals surface area (Å²) >= 11 is 0. The molecule has 4 nitrogen and oxygen atoms in total. The van der Waals surface area contributed by atoms with Crippen molar-refractivity contribution in [3.05, 3.63) is 72.1 Å². The van der Waals surface area contributed by atoms with E-state index >= 15 is 0 Å². The molecule has 2 heterocycles. The molecular formula is C23H24F3N3O. The number of aromatic nitrogens is 1. The quantitative estimate of drug-likeness (QED) is 0.693. The molecule has 1 aliphatic carbocycles. The molecule has 1 saturated heterocycles. The van der Waals surface area contributed by atoms with Crippen LogP contribution in [0.1, 0.15) is 23.6 Å². The zero-order chi connectivity index (χ0) is 21.1. The SMILES string of the molecule is O=C(/C=C/c1cccnc1)NCCC1C2CN(C(c3ccccc3)C(F)(F)F)CC12. The number of carbonyl (C=O) groups excluding carboxylic acids is 1. The third-order valence-corrected chi connectivity index (χ3v) is 6.08. The average molecular weight is 415 g/mol. The van der Waals surface area contributed by atoms with E-state index in [9.17, 15) is 18.0 Å². The number of piperidine rings is 1. The fourth-order valence-electron chi connectivity index (χ4n) is 4.63. The number of rotatable bonds is 7. The van der Waals surface area contributed by atoms with Gasteiger partial charge in [0.25, 0.3) is 0 Å². The smallest absolute Gasteiger partial charge is 0.353 e. The molecular weight excluding hydrogens is 391 g/mol. The van der Waals surface area contributed by atoms with Crippen molar-refractivity contribution in [3.63, 3.8) is 0 Å². The number of hydrogen-bond acceptors (Lipinski definition) is 3. The van der Waals surface area contributed by atoms with Gasteiger partial charge in [0.1, 0.15) is 6.04 Å². The van der Waals surface area contributed by atoms with Gasteiger partial charge < -0.3 is 5.32 Å². The number of nitrogens with one attached hydrogen (secondary N) is 1. The molecule has 1 aromatic carbocycles. The van der Waals surface area contributed by atoms with Crippen molar-refractivity contribution in [1.82, 2.24) is 15.2 Å². The minimum absolute atomic E-state index is 0.174. The number of alkyl halides is 3. The van der Waals surface area contributed by atoms with Crippen molar-refractivity contribution >= 4 is 12.0 Å². The highest BCUT2D eigenvalue weighted by Gasteiger charge is 2.59. The molecule has 1 saturated carbocycles. The highest BCUT2D eigenvalue weighted by atomic mass is 19.4. The summed E-state index contributed by atoms with van der Waals surface area (Å²) < 4.78 is 41.1. The van der Waals surface area contributed by atoms with Crippen LogP contribution in [0.25, 0.3) is 6.08 Å². The fraction of sp³-hybridized carbons (Fsp3) is 0.391. The number of fused-ring (bicyclic) bond motifs is 1. The van der Waals surface area contributed by atoms with Crippen LogP contribution < -0.4 is 5.32 Å². The molecule has 7 heteroatoms.